The number of carbonyl (C=O) groups excluding carboxylic acids is 2. The van der Waals surface area contributed by atoms with E-state index in [9.17, 15) is 9.59 Å². The highest BCUT2D eigenvalue weighted by molar-refractivity contribution is 9.09. The summed E-state index contributed by atoms with van der Waals surface area (Å²) < 4.78 is 0. The molecule has 1 aliphatic heterocycles. The number of carbonyl (C=O) groups is 2. The zero-order valence-corrected chi connectivity index (χ0v) is 12.2. The van der Waals surface area contributed by atoms with Crippen molar-refractivity contribution in [3.05, 3.63) is 0 Å². The molecule has 3 saturated carbocycles. The van der Waals surface area contributed by atoms with E-state index in [1.165, 1.54) is 25.7 Å². The number of alkyl halides is 1. The second kappa shape index (κ2) is 4.95. The molecule has 3 aliphatic carbocycles. The first-order valence-electron chi connectivity index (χ1n) is 7.15. The smallest absolute Gasteiger partial charge is 0.233 e. The van der Waals surface area contributed by atoms with Crippen LogP contribution in [0.3, 0.4) is 0 Å². The molecule has 4 fully saturated rings. The van der Waals surface area contributed by atoms with Crippen molar-refractivity contribution in [2.24, 2.45) is 23.7 Å². The molecule has 2 amide bonds. The lowest BCUT2D eigenvalue weighted by atomic mass is 9.59. The Labute approximate surface area is 116 Å². The molecule has 2 unspecified atom stereocenters. The number of unbranched alkanes of at least 4 members (excludes halogenated alkanes) is 1. The van der Waals surface area contributed by atoms with Gasteiger partial charge in [0, 0.05) is 11.9 Å². The number of amides is 2. The maximum atomic E-state index is 12.4. The average molecular weight is 314 g/mol. The topological polar surface area (TPSA) is 37.4 Å². The molecule has 100 valence electrons. The quantitative estimate of drug-likeness (QED) is 0.454. The molecule has 18 heavy (non-hydrogen) atoms. The molecule has 0 aromatic carbocycles. The van der Waals surface area contributed by atoms with Crippen LogP contribution in [0.5, 0.6) is 0 Å². The van der Waals surface area contributed by atoms with Crippen LogP contribution >= 0.6 is 15.9 Å². The van der Waals surface area contributed by atoms with Crippen LogP contribution in [0.15, 0.2) is 0 Å². The summed E-state index contributed by atoms with van der Waals surface area (Å²) >= 11 is 3.39. The van der Waals surface area contributed by atoms with E-state index < -0.39 is 0 Å². The molecule has 4 rings (SSSR count). The number of fused-ring (bicyclic) bond motifs is 2. The van der Waals surface area contributed by atoms with Crippen molar-refractivity contribution in [1.82, 2.24) is 4.90 Å². The summed E-state index contributed by atoms with van der Waals surface area (Å²) in [6, 6.07) is 0. The van der Waals surface area contributed by atoms with Gasteiger partial charge in [-0.1, -0.05) is 15.9 Å². The van der Waals surface area contributed by atoms with Crippen LogP contribution in [0.1, 0.15) is 38.5 Å². The highest BCUT2D eigenvalue weighted by Gasteiger charge is 2.57. The van der Waals surface area contributed by atoms with E-state index in [0.29, 0.717) is 18.4 Å². The molecule has 4 aliphatic rings. The minimum Gasteiger partial charge on any atom is -0.282 e. The highest BCUT2D eigenvalue weighted by Crippen LogP contribution is 2.52. The number of rotatable bonds is 4. The fourth-order valence-electron chi connectivity index (χ4n) is 4.21. The fourth-order valence-corrected chi connectivity index (χ4v) is 4.61. The van der Waals surface area contributed by atoms with Crippen LogP contribution in [0.4, 0.5) is 0 Å². The molecule has 1 saturated heterocycles. The van der Waals surface area contributed by atoms with Gasteiger partial charge in [-0.3, -0.25) is 14.5 Å². The molecular formula is C14H20BrNO2. The third-order valence-electron chi connectivity index (χ3n) is 5.09. The van der Waals surface area contributed by atoms with Crippen LogP contribution < -0.4 is 0 Å². The van der Waals surface area contributed by atoms with Crippen molar-refractivity contribution < 1.29 is 9.59 Å². The predicted molar refractivity (Wildman–Crippen MR) is 72.2 cm³/mol. The standard InChI is InChI=1S/C14H20BrNO2/c15-7-1-2-8-16-13(17)11-9-3-4-10(6-5-9)12(11)14(16)18/h9-12H,1-8H2. The van der Waals surface area contributed by atoms with Crippen LogP contribution in [0.25, 0.3) is 0 Å². The van der Waals surface area contributed by atoms with Crippen LogP contribution in [-0.4, -0.2) is 28.6 Å². The molecule has 3 nitrogen and oxygen atoms in total. The normalized spacial score (nSPS) is 38.4. The van der Waals surface area contributed by atoms with E-state index in [0.717, 1.165) is 18.2 Å². The average Bonchev–Trinajstić information content (AvgIpc) is 2.67. The van der Waals surface area contributed by atoms with E-state index in [1.807, 2.05) is 0 Å². The predicted octanol–water partition coefficient (Wildman–Crippen LogP) is 2.58. The number of halogens is 1. The molecular weight excluding hydrogens is 294 g/mol. The summed E-state index contributed by atoms with van der Waals surface area (Å²) in [6.45, 7) is 0.635. The number of imide groups is 1. The van der Waals surface area contributed by atoms with Crippen molar-refractivity contribution >= 4 is 27.7 Å². The second-order valence-electron chi connectivity index (χ2n) is 5.95. The van der Waals surface area contributed by atoms with E-state index in [1.54, 1.807) is 4.90 Å². The molecule has 0 aromatic heterocycles. The minimum absolute atomic E-state index is 0.0500. The lowest BCUT2D eigenvalue weighted by molar-refractivity contribution is -0.140. The monoisotopic (exact) mass is 313 g/mol. The van der Waals surface area contributed by atoms with Crippen molar-refractivity contribution in [2.45, 2.75) is 38.5 Å². The first-order chi connectivity index (χ1) is 8.74. The SMILES string of the molecule is O=C1C2C3CCC(CC3)C2C(=O)N1CCCCBr. The van der Waals surface area contributed by atoms with E-state index in [2.05, 4.69) is 15.9 Å². The minimum atomic E-state index is 0.0500. The molecule has 0 aromatic rings. The zero-order chi connectivity index (χ0) is 12.7. The lowest BCUT2D eigenvalue weighted by Crippen LogP contribution is -2.41. The third kappa shape index (κ3) is 1.84. The molecule has 0 N–H and O–H groups in total. The van der Waals surface area contributed by atoms with Gasteiger partial charge in [0.1, 0.15) is 0 Å². The summed E-state index contributed by atoms with van der Waals surface area (Å²) in [5.74, 6) is 1.39. The number of hydrogen-bond acceptors (Lipinski definition) is 2. The maximum Gasteiger partial charge on any atom is 0.233 e. The first-order valence-corrected chi connectivity index (χ1v) is 8.27. The summed E-state index contributed by atoms with van der Waals surface area (Å²) in [6.07, 6.45) is 6.62. The Morgan fingerprint density at radius 1 is 0.944 bits per heavy atom. The zero-order valence-electron chi connectivity index (χ0n) is 10.6. The van der Waals surface area contributed by atoms with Crippen molar-refractivity contribution in [3.63, 3.8) is 0 Å². The Kier molecular flexibility index (Phi) is 3.48. The van der Waals surface area contributed by atoms with Gasteiger partial charge >= 0.3 is 0 Å². The molecule has 0 spiro atoms. The summed E-state index contributed by atoms with van der Waals surface area (Å²) in [5.41, 5.74) is 0. The Morgan fingerprint density at radius 2 is 1.44 bits per heavy atom. The van der Waals surface area contributed by atoms with Crippen LogP contribution in [0, 0.1) is 23.7 Å². The Bertz CT molecular complexity index is 333. The van der Waals surface area contributed by atoms with Gasteiger partial charge in [0.2, 0.25) is 11.8 Å². The Balaban J connectivity index is 1.75. The van der Waals surface area contributed by atoms with Crippen LogP contribution in [-0.2, 0) is 9.59 Å². The van der Waals surface area contributed by atoms with Crippen LogP contribution in [0.2, 0.25) is 0 Å². The number of hydrogen-bond donors (Lipinski definition) is 0. The highest BCUT2D eigenvalue weighted by atomic mass is 79.9. The Morgan fingerprint density at radius 3 is 1.89 bits per heavy atom. The number of nitrogens with zero attached hydrogens (tertiary/aromatic N) is 1. The summed E-state index contributed by atoms with van der Waals surface area (Å²) in [4.78, 5) is 26.4. The molecule has 2 atom stereocenters. The fraction of sp³-hybridized carbons (Fsp3) is 0.857. The first kappa shape index (κ1) is 12.6. The van der Waals surface area contributed by atoms with Gasteiger partial charge < -0.3 is 0 Å². The molecule has 0 radical (unpaired) electrons. The van der Waals surface area contributed by atoms with E-state index in [4.69, 9.17) is 0 Å². The maximum absolute atomic E-state index is 12.4. The van der Waals surface area contributed by atoms with Gasteiger partial charge in [-0.2, -0.15) is 0 Å². The van der Waals surface area contributed by atoms with Gasteiger partial charge in [0.05, 0.1) is 11.8 Å². The Hall–Kier alpha value is -0.380. The summed E-state index contributed by atoms with van der Waals surface area (Å²) in [7, 11) is 0. The van der Waals surface area contributed by atoms with E-state index >= 15 is 0 Å². The van der Waals surface area contributed by atoms with Crippen molar-refractivity contribution in [1.29, 1.82) is 0 Å². The van der Waals surface area contributed by atoms with Gasteiger partial charge in [0.25, 0.3) is 0 Å². The second-order valence-corrected chi connectivity index (χ2v) is 6.74. The number of likely N-dealkylation sites (tertiary alicyclic amines) is 1. The lowest BCUT2D eigenvalue weighted by Gasteiger charge is -2.42. The third-order valence-corrected chi connectivity index (χ3v) is 5.65. The largest absolute Gasteiger partial charge is 0.282 e. The van der Waals surface area contributed by atoms with E-state index in [-0.39, 0.29) is 23.7 Å². The van der Waals surface area contributed by atoms with Gasteiger partial charge in [-0.25, -0.2) is 0 Å². The van der Waals surface area contributed by atoms with Gasteiger partial charge in [0.15, 0.2) is 0 Å². The molecule has 4 heteroatoms. The molecule has 1 heterocycles. The summed E-state index contributed by atoms with van der Waals surface area (Å²) in [5, 5.41) is 0.946. The van der Waals surface area contributed by atoms with Gasteiger partial charge in [-0.05, 0) is 50.4 Å². The van der Waals surface area contributed by atoms with Crippen molar-refractivity contribution in [2.75, 3.05) is 11.9 Å². The molecule has 2 bridgehead atoms. The van der Waals surface area contributed by atoms with Gasteiger partial charge in [-0.15, -0.1) is 0 Å². The van der Waals surface area contributed by atoms with Crippen molar-refractivity contribution in [3.8, 4) is 0 Å².